The molecule has 27 heavy (non-hydrogen) atoms. The number of nitrogens with zero attached hydrogens (tertiary/aromatic N) is 3. The minimum atomic E-state index is -0.236. The van der Waals surface area contributed by atoms with Crippen LogP contribution in [0.1, 0.15) is 35.4 Å². The minimum absolute atomic E-state index is 0.236. The van der Waals surface area contributed by atoms with Crippen LogP contribution in [0.25, 0.3) is 0 Å². The quantitative estimate of drug-likeness (QED) is 0.659. The average Bonchev–Trinajstić information content (AvgIpc) is 3.19. The van der Waals surface area contributed by atoms with Crippen LogP contribution in [-0.4, -0.2) is 28.1 Å². The van der Waals surface area contributed by atoms with E-state index in [-0.39, 0.29) is 6.03 Å². The van der Waals surface area contributed by atoms with Crippen LogP contribution in [0.5, 0.6) is 5.75 Å². The summed E-state index contributed by atoms with van der Waals surface area (Å²) in [6, 6.07) is 11.1. The molecule has 1 aliphatic carbocycles. The zero-order valence-corrected chi connectivity index (χ0v) is 15.7. The van der Waals surface area contributed by atoms with E-state index in [0.29, 0.717) is 36.5 Å². The van der Waals surface area contributed by atoms with Gasteiger partial charge in [-0.15, -0.1) is 11.3 Å². The Morgan fingerprint density at radius 2 is 2.15 bits per heavy atom. The van der Waals surface area contributed by atoms with Gasteiger partial charge in [-0.25, -0.2) is 4.79 Å². The van der Waals surface area contributed by atoms with Crippen molar-refractivity contribution >= 4 is 23.1 Å². The van der Waals surface area contributed by atoms with Crippen LogP contribution in [0, 0.1) is 0 Å². The molecular weight excluding hydrogens is 364 g/mol. The zero-order valence-electron chi connectivity index (χ0n) is 14.9. The SMILES string of the molecule is CN(Cc1noc(C2CC2)n1)C(=O)Nc1ccc(OCc2cccs2)cc1. The van der Waals surface area contributed by atoms with Gasteiger partial charge in [0.05, 0.1) is 6.54 Å². The van der Waals surface area contributed by atoms with Crippen molar-refractivity contribution in [1.82, 2.24) is 15.0 Å². The predicted octanol–water partition coefficient (Wildman–Crippen LogP) is 4.25. The van der Waals surface area contributed by atoms with Crippen molar-refractivity contribution in [2.45, 2.75) is 31.9 Å². The van der Waals surface area contributed by atoms with Gasteiger partial charge in [0.2, 0.25) is 5.89 Å². The van der Waals surface area contributed by atoms with Crippen LogP contribution in [-0.2, 0) is 13.2 Å². The Morgan fingerprint density at radius 1 is 1.33 bits per heavy atom. The van der Waals surface area contributed by atoms with Crippen molar-refractivity contribution in [3.05, 3.63) is 58.4 Å². The summed E-state index contributed by atoms with van der Waals surface area (Å²) in [6.45, 7) is 0.837. The van der Waals surface area contributed by atoms with Crippen molar-refractivity contribution in [1.29, 1.82) is 0 Å². The molecule has 0 saturated heterocycles. The summed E-state index contributed by atoms with van der Waals surface area (Å²) in [7, 11) is 1.70. The lowest BCUT2D eigenvalue weighted by Crippen LogP contribution is -2.31. The molecule has 1 fully saturated rings. The first-order valence-corrected chi connectivity index (χ1v) is 9.65. The highest BCUT2D eigenvalue weighted by atomic mass is 32.1. The molecule has 1 saturated carbocycles. The normalized spacial score (nSPS) is 13.4. The summed E-state index contributed by atoms with van der Waals surface area (Å²) < 4.78 is 10.9. The number of urea groups is 1. The lowest BCUT2D eigenvalue weighted by Gasteiger charge is -2.16. The van der Waals surface area contributed by atoms with Crippen molar-refractivity contribution < 1.29 is 14.1 Å². The Morgan fingerprint density at radius 3 is 2.85 bits per heavy atom. The Labute approximate surface area is 161 Å². The number of amides is 2. The molecule has 8 heteroatoms. The van der Waals surface area contributed by atoms with Crippen LogP contribution >= 0.6 is 11.3 Å². The van der Waals surface area contributed by atoms with E-state index >= 15 is 0 Å². The number of hydrogen-bond donors (Lipinski definition) is 1. The third-order valence-corrected chi connectivity index (χ3v) is 5.05. The number of thiophene rings is 1. The molecule has 3 aromatic rings. The maximum Gasteiger partial charge on any atom is 0.321 e. The van der Waals surface area contributed by atoms with Gasteiger partial charge in [-0.3, -0.25) is 0 Å². The lowest BCUT2D eigenvalue weighted by atomic mass is 10.3. The number of benzene rings is 1. The summed E-state index contributed by atoms with van der Waals surface area (Å²) in [5.41, 5.74) is 0.696. The third kappa shape index (κ3) is 4.65. The van der Waals surface area contributed by atoms with E-state index in [4.69, 9.17) is 9.26 Å². The van der Waals surface area contributed by atoms with Gasteiger partial charge in [-0.05, 0) is 48.6 Å². The molecule has 0 atom stereocenters. The van der Waals surface area contributed by atoms with Gasteiger partial charge in [-0.2, -0.15) is 4.98 Å². The molecule has 7 nitrogen and oxygen atoms in total. The van der Waals surface area contributed by atoms with E-state index in [1.165, 1.54) is 9.78 Å². The molecule has 0 radical (unpaired) electrons. The third-order valence-electron chi connectivity index (χ3n) is 4.20. The largest absolute Gasteiger partial charge is 0.488 e. The van der Waals surface area contributed by atoms with Gasteiger partial charge in [0.15, 0.2) is 5.82 Å². The molecule has 0 bridgehead atoms. The lowest BCUT2D eigenvalue weighted by molar-refractivity contribution is 0.219. The van der Waals surface area contributed by atoms with Crippen LogP contribution in [0.4, 0.5) is 10.5 Å². The maximum atomic E-state index is 12.3. The van der Waals surface area contributed by atoms with E-state index in [2.05, 4.69) is 15.5 Å². The fraction of sp³-hybridized carbons (Fsp3) is 0.316. The Hall–Kier alpha value is -2.87. The molecule has 0 aliphatic heterocycles. The summed E-state index contributed by atoms with van der Waals surface area (Å²) in [5.74, 6) is 2.36. The minimum Gasteiger partial charge on any atom is -0.488 e. The van der Waals surface area contributed by atoms with Crippen LogP contribution in [0.3, 0.4) is 0 Å². The first kappa shape index (κ1) is 17.5. The molecule has 2 heterocycles. The summed E-state index contributed by atoms with van der Waals surface area (Å²) in [5, 5.41) is 8.81. The van der Waals surface area contributed by atoms with Gasteiger partial charge in [0.25, 0.3) is 0 Å². The first-order valence-electron chi connectivity index (χ1n) is 8.77. The number of carbonyl (C=O) groups is 1. The Bertz CT molecular complexity index is 888. The van der Waals surface area contributed by atoms with Gasteiger partial charge in [0, 0.05) is 23.5 Å². The maximum absolute atomic E-state index is 12.3. The molecule has 1 N–H and O–H groups in total. The Kier molecular flexibility index (Phi) is 5.06. The molecule has 2 aromatic heterocycles. The van der Waals surface area contributed by atoms with E-state index < -0.39 is 0 Å². The Balaban J connectivity index is 1.27. The predicted molar refractivity (Wildman–Crippen MR) is 102 cm³/mol. The van der Waals surface area contributed by atoms with Crippen molar-refractivity contribution in [3.8, 4) is 5.75 Å². The average molecular weight is 384 g/mol. The molecule has 0 spiro atoms. The van der Waals surface area contributed by atoms with Crippen LogP contribution < -0.4 is 10.1 Å². The monoisotopic (exact) mass is 384 g/mol. The number of carbonyl (C=O) groups excluding carboxylic acids is 1. The molecule has 1 aliphatic rings. The number of hydrogen-bond acceptors (Lipinski definition) is 6. The second-order valence-corrected chi connectivity index (χ2v) is 7.53. The topological polar surface area (TPSA) is 80.5 Å². The van der Waals surface area contributed by atoms with E-state index in [1.807, 2.05) is 41.8 Å². The van der Waals surface area contributed by atoms with E-state index in [0.717, 1.165) is 18.6 Å². The number of rotatable bonds is 7. The van der Waals surface area contributed by atoms with Crippen LogP contribution in [0.2, 0.25) is 0 Å². The molecule has 140 valence electrons. The smallest absolute Gasteiger partial charge is 0.321 e. The summed E-state index contributed by atoms with van der Waals surface area (Å²) in [6.07, 6.45) is 2.20. The van der Waals surface area contributed by atoms with Crippen molar-refractivity contribution in [2.75, 3.05) is 12.4 Å². The second-order valence-electron chi connectivity index (χ2n) is 6.50. The van der Waals surface area contributed by atoms with Crippen LogP contribution in [0.15, 0.2) is 46.3 Å². The van der Waals surface area contributed by atoms with Crippen molar-refractivity contribution in [2.24, 2.45) is 0 Å². The highest BCUT2D eigenvalue weighted by Crippen LogP contribution is 2.38. The summed E-state index contributed by atoms with van der Waals surface area (Å²) in [4.78, 5) is 19.4. The zero-order chi connectivity index (χ0) is 18.6. The first-order chi connectivity index (χ1) is 13.2. The van der Waals surface area contributed by atoms with Gasteiger partial charge in [-0.1, -0.05) is 11.2 Å². The fourth-order valence-electron chi connectivity index (χ4n) is 2.51. The number of ether oxygens (including phenoxy) is 1. The molecule has 0 unspecified atom stereocenters. The molecule has 1 aromatic carbocycles. The summed E-state index contributed by atoms with van der Waals surface area (Å²) >= 11 is 1.66. The number of anilines is 1. The van der Waals surface area contributed by atoms with Gasteiger partial charge in [0.1, 0.15) is 12.4 Å². The highest BCUT2D eigenvalue weighted by molar-refractivity contribution is 7.09. The number of aromatic nitrogens is 2. The molecular formula is C19H20N4O3S. The van der Waals surface area contributed by atoms with Crippen molar-refractivity contribution in [3.63, 3.8) is 0 Å². The van der Waals surface area contributed by atoms with E-state index in [9.17, 15) is 4.79 Å². The molecule has 4 rings (SSSR count). The van der Waals surface area contributed by atoms with Gasteiger partial charge < -0.3 is 19.5 Å². The number of nitrogens with one attached hydrogen (secondary N) is 1. The van der Waals surface area contributed by atoms with E-state index in [1.54, 1.807) is 18.4 Å². The second kappa shape index (κ2) is 7.79. The molecule has 2 amide bonds. The fourth-order valence-corrected chi connectivity index (χ4v) is 3.13. The highest BCUT2D eigenvalue weighted by Gasteiger charge is 2.29. The standard InChI is InChI=1S/C19H20N4O3S/c1-23(11-17-21-18(26-22-17)13-4-5-13)19(24)20-14-6-8-15(9-7-14)25-12-16-3-2-10-27-16/h2-3,6-10,13H,4-5,11-12H2,1H3,(H,20,24). The van der Waals surface area contributed by atoms with Gasteiger partial charge >= 0.3 is 6.03 Å².